The van der Waals surface area contributed by atoms with E-state index in [0.29, 0.717) is 24.1 Å². The highest BCUT2D eigenvalue weighted by Gasteiger charge is 2.54. The summed E-state index contributed by atoms with van der Waals surface area (Å²) >= 11 is 12.2. The highest BCUT2D eigenvalue weighted by Crippen LogP contribution is 2.55. The summed E-state index contributed by atoms with van der Waals surface area (Å²) in [6, 6.07) is 12.6. The molecule has 3 rings (SSSR count). The Bertz CT molecular complexity index is 1170. The van der Waals surface area contributed by atoms with E-state index in [0.717, 1.165) is 0 Å². The zero-order valence-corrected chi connectivity index (χ0v) is 21.2. The van der Waals surface area contributed by atoms with Crippen LogP contribution in [0.25, 0.3) is 0 Å². The number of carboxylic acid groups (broad SMARTS) is 1. The number of amides is 2. The summed E-state index contributed by atoms with van der Waals surface area (Å²) in [6.45, 7) is 5.60. The zero-order chi connectivity index (χ0) is 26.0. The number of halogens is 2. The first-order valence-electron chi connectivity index (χ1n) is 11.2. The lowest BCUT2D eigenvalue weighted by atomic mass is 9.66. The van der Waals surface area contributed by atoms with Gasteiger partial charge in [0.15, 0.2) is 0 Å². The number of nitriles is 1. The second-order valence-corrected chi connectivity index (χ2v) is 10.4. The van der Waals surface area contributed by atoms with Crippen molar-refractivity contribution < 1.29 is 19.5 Å². The number of carboxylic acids is 1. The first kappa shape index (κ1) is 26.5. The molecule has 3 atom stereocenters. The van der Waals surface area contributed by atoms with E-state index in [2.05, 4.69) is 16.7 Å². The van der Waals surface area contributed by atoms with Crippen molar-refractivity contribution in [2.45, 2.75) is 46.1 Å². The van der Waals surface area contributed by atoms with Gasteiger partial charge in [0.2, 0.25) is 5.91 Å². The number of carbonyl (C=O) groups excluding carboxylic acids is 2. The number of rotatable bonds is 7. The van der Waals surface area contributed by atoms with Crippen LogP contribution in [-0.2, 0) is 16.0 Å². The van der Waals surface area contributed by atoms with E-state index in [1.165, 1.54) is 0 Å². The number of nitrogens with zero attached hydrogens (tertiary/aromatic N) is 1. The molecule has 0 bridgehead atoms. The Labute approximate surface area is 214 Å². The molecule has 2 amide bonds. The normalized spacial score (nSPS) is 21.5. The van der Waals surface area contributed by atoms with Crippen LogP contribution >= 0.6 is 23.2 Å². The summed E-state index contributed by atoms with van der Waals surface area (Å²) in [5.74, 6) is -2.43. The van der Waals surface area contributed by atoms with Crippen LogP contribution < -0.4 is 10.6 Å². The molecule has 0 aliphatic heterocycles. The number of nitrogens with one attached hydrogen (secondary N) is 2. The molecular weight excluding hydrogens is 489 g/mol. The standard InChI is InChI=1S/C26H27Cl2N3O4/c1-25(2)17(11-12-26(25,3)14-29)22(32)31-20(24(34)35)13-15-7-9-16(10-8-15)30-23(33)21-18(27)5-4-6-19(21)28/h4-10,17,20H,11-13H2,1-3H3,(H,30,33)(H,31,32)(H,34,35)/t17-,20?,26+/m1/s1. The largest absolute Gasteiger partial charge is 0.480 e. The Kier molecular flexibility index (Phi) is 7.78. The van der Waals surface area contributed by atoms with E-state index < -0.39 is 34.7 Å². The van der Waals surface area contributed by atoms with Crippen LogP contribution in [0.15, 0.2) is 42.5 Å². The van der Waals surface area contributed by atoms with Crippen molar-refractivity contribution in [3.8, 4) is 6.07 Å². The number of carbonyl (C=O) groups is 3. The van der Waals surface area contributed by atoms with Crippen molar-refractivity contribution >= 4 is 46.7 Å². The molecule has 1 unspecified atom stereocenters. The van der Waals surface area contributed by atoms with E-state index in [-0.39, 0.29) is 27.9 Å². The Balaban J connectivity index is 1.67. The van der Waals surface area contributed by atoms with Gasteiger partial charge in [-0.1, -0.05) is 55.2 Å². The summed E-state index contributed by atoms with van der Waals surface area (Å²) < 4.78 is 0. The van der Waals surface area contributed by atoms with Gasteiger partial charge in [0.1, 0.15) is 6.04 Å². The third kappa shape index (κ3) is 5.44. The summed E-state index contributed by atoms with van der Waals surface area (Å²) in [5.41, 5.74) is 0.0747. The van der Waals surface area contributed by atoms with Crippen LogP contribution in [0.4, 0.5) is 5.69 Å². The minimum absolute atomic E-state index is 0.0638. The van der Waals surface area contributed by atoms with Gasteiger partial charge in [-0.25, -0.2) is 4.79 Å². The fourth-order valence-electron chi connectivity index (χ4n) is 4.50. The molecule has 7 nitrogen and oxygen atoms in total. The summed E-state index contributed by atoms with van der Waals surface area (Å²) in [4.78, 5) is 37.4. The minimum atomic E-state index is -1.15. The van der Waals surface area contributed by atoms with E-state index in [1.54, 1.807) is 42.5 Å². The van der Waals surface area contributed by atoms with Crippen LogP contribution in [0.3, 0.4) is 0 Å². The number of aliphatic carboxylic acids is 1. The highest BCUT2D eigenvalue weighted by molar-refractivity contribution is 6.40. The van der Waals surface area contributed by atoms with Gasteiger partial charge in [0.25, 0.3) is 5.91 Å². The topological polar surface area (TPSA) is 119 Å². The maximum absolute atomic E-state index is 13.0. The Morgan fingerprint density at radius 3 is 2.23 bits per heavy atom. The maximum atomic E-state index is 13.0. The molecule has 184 valence electrons. The Morgan fingerprint density at radius 2 is 1.71 bits per heavy atom. The molecule has 1 aliphatic rings. The van der Waals surface area contributed by atoms with Crippen molar-refractivity contribution in [3.63, 3.8) is 0 Å². The van der Waals surface area contributed by atoms with E-state index in [9.17, 15) is 24.8 Å². The summed E-state index contributed by atoms with van der Waals surface area (Å²) in [6.07, 6.45) is 1.17. The molecule has 2 aromatic rings. The average molecular weight is 516 g/mol. The predicted molar refractivity (Wildman–Crippen MR) is 134 cm³/mol. The smallest absolute Gasteiger partial charge is 0.326 e. The average Bonchev–Trinajstić information content (AvgIpc) is 3.03. The lowest BCUT2D eigenvalue weighted by Crippen LogP contribution is -2.48. The van der Waals surface area contributed by atoms with Gasteiger partial charge in [-0.15, -0.1) is 0 Å². The minimum Gasteiger partial charge on any atom is -0.480 e. The third-order valence-corrected chi connectivity index (χ3v) is 7.88. The highest BCUT2D eigenvalue weighted by atomic mass is 35.5. The molecule has 0 saturated heterocycles. The van der Waals surface area contributed by atoms with Gasteiger partial charge in [0, 0.05) is 18.0 Å². The fourth-order valence-corrected chi connectivity index (χ4v) is 5.07. The van der Waals surface area contributed by atoms with Gasteiger partial charge < -0.3 is 15.7 Å². The van der Waals surface area contributed by atoms with Crippen LogP contribution in [0.5, 0.6) is 0 Å². The molecule has 0 aromatic heterocycles. The predicted octanol–water partition coefficient (Wildman–Crippen LogP) is 5.32. The van der Waals surface area contributed by atoms with Crippen molar-refractivity contribution in [3.05, 3.63) is 63.6 Å². The van der Waals surface area contributed by atoms with E-state index >= 15 is 0 Å². The number of hydrogen-bond acceptors (Lipinski definition) is 4. The number of hydrogen-bond donors (Lipinski definition) is 3. The van der Waals surface area contributed by atoms with Gasteiger partial charge in [-0.2, -0.15) is 5.26 Å². The van der Waals surface area contributed by atoms with Crippen LogP contribution in [0.2, 0.25) is 10.0 Å². The first-order chi connectivity index (χ1) is 16.4. The second kappa shape index (κ2) is 10.3. The second-order valence-electron chi connectivity index (χ2n) is 9.61. The molecule has 1 aliphatic carbocycles. The molecular formula is C26H27Cl2N3O4. The molecule has 2 aromatic carbocycles. The third-order valence-electron chi connectivity index (χ3n) is 7.25. The molecule has 0 heterocycles. The fraction of sp³-hybridized carbons (Fsp3) is 0.385. The first-order valence-corrected chi connectivity index (χ1v) is 11.9. The maximum Gasteiger partial charge on any atom is 0.326 e. The summed E-state index contributed by atoms with van der Waals surface area (Å²) in [7, 11) is 0. The van der Waals surface area contributed by atoms with E-state index in [1.807, 2.05) is 20.8 Å². The molecule has 0 spiro atoms. The van der Waals surface area contributed by atoms with Gasteiger partial charge in [-0.3, -0.25) is 9.59 Å². The Morgan fingerprint density at radius 1 is 1.11 bits per heavy atom. The summed E-state index contributed by atoms with van der Waals surface area (Å²) in [5, 5.41) is 25.1. The van der Waals surface area contributed by atoms with Crippen molar-refractivity contribution in [2.24, 2.45) is 16.7 Å². The van der Waals surface area contributed by atoms with Crippen LogP contribution in [0, 0.1) is 28.1 Å². The Hall–Kier alpha value is -3.08. The quantitative estimate of drug-likeness (QED) is 0.460. The lowest BCUT2D eigenvalue weighted by Gasteiger charge is -2.36. The lowest BCUT2D eigenvalue weighted by molar-refractivity contribution is -0.143. The molecule has 9 heteroatoms. The monoisotopic (exact) mass is 515 g/mol. The van der Waals surface area contributed by atoms with Crippen LogP contribution in [0.1, 0.15) is 49.5 Å². The zero-order valence-electron chi connectivity index (χ0n) is 19.7. The van der Waals surface area contributed by atoms with E-state index in [4.69, 9.17) is 23.2 Å². The number of anilines is 1. The van der Waals surface area contributed by atoms with Gasteiger partial charge >= 0.3 is 5.97 Å². The molecule has 0 radical (unpaired) electrons. The van der Waals surface area contributed by atoms with Crippen molar-refractivity contribution in [1.29, 1.82) is 5.26 Å². The van der Waals surface area contributed by atoms with Gasteiger partial charge in [-0.05, 0) is 55.0 Å². The molecule has 35 heavy (non-hydrogen) atoms. The van der Waals surface area contributed by atoms with Gasteiger partial charge in [0.05, 0.1) is 27.1 Å². The molecule has 3 N–H and O–H groups in total. The number of benzene rings is 2. The SMILES string of the molecule is CC1(C)[C@@H](C(=O)NC(Cc2ccc(NC(=O)c3c(Cl)cccc3Cl)cc2)C(=O)O)CC[C@@]1(C)C#N. The van der Waals surface area contributed by atoms with Crippen molar-refractivity contribution in [1.82, 2.24) is 5.32 Å². The van der Waals surface area contributed by atoms with Crippen LogP contribution in [-0.4, -0.2) is 28.9 Å². The molecule has 1 fully saturated rings. The molecule has 1 saturated carbocycles. The van der Waals surface area contributed by atoms with Crippen molar-refractivity contribution in [2.75, 3.05) is 5.32 Å².